The molecule has 0 aliphatic rings. The molecule has 0 rings (SSSR count). The first-order chi connectivity index (χ1) is 12.0. The number of halogens is 4. The third kappa shape index (κ3) is 14.5. The standard InChI is InChI=1S/2C7H8F2O4.Cu/c2*1-2-13-7(12)5(11)3-4(10)6(8)9;/h2*3,6,11H,2H2,1H3;/q;;+2/p-2. The maximum absolute atomic E-state index is 11.6. The van der Waals surface area contributed by atoms with Crippen molar-refractivity contribution in [1.29, 1.82) is 0 Å². The summed E-state index contributed by atoms with van der Waals surface area (Å²) < 4.78 is 54.5. The van der Waals surface area contributed by atoms with Crippen molar-refractivity contribution in [2.45, 2.75) is 26.7 Å². The zero-order chi connectivity index (χ0) is 20.9. The van der Waals surface area contributed by atoms with Gasteiger partial charge in [0.15, 0.2) is 0 Å². The summed E-state index contributed by atoms with van der Waals surface area (Å²) >= 11 is 0. The first-order valence-corrected chi connectivity index (χ1v) is 6.73. The second kappa shape index (κ2) is 15.8. The molecule has 0 aliphatic heterocycles. The maximum atomic E-state index is 11.6. The Kier molecular flexibility index (Phi) is 17.2. The van der Waals surface area contributed by atoms with Gasteiger partial charge in [-0.1, -0.05) is 0 Å². The summed E-state index contributed by atoms with van der Waals surface area (Å²) in [4.78, 5) is 41.5. The molecule has 1 radical (unpaired) electrons. The molecule has 0 saturated carbocycles. The SMILES string of the molecule is CCOC(=O)C([O-])=CC(=O)C(F)F.CCOC(=O)C([O-])=CC(=O)C(F)F.[Cu+2]. The predicted octanol–water partition coefficient (Wildman–Crippen LogP) is -0.747. The fourth-order valence-electron chi connectivity index (χ4n) is 0.907. The van der Waals surface area contributed by atoms with Gasteiger partial charge in [-0.2, -0.15) is 0 Å². The molecular formula is C14H14CuF4O8. The minimum Gasteiger partial charge on any atom is -0.867 e. The average molecular weight is 450 g/mol. The zero-order valence-corrected chi connectivity index (χ0v) is 14.7. The molecule has 0 fully saturated rings. The van der Waals surface area contributed by atoms with Gasteiger partial charge in [-0.3, -0.25) is 9.59 Å². The monoisotopic (exact) mass is 449 g/mol. The average Bonchev–Trinajstić information content (AvgIpc) is 2.55. The van der Waals surface area contributed by atoms with Crippen LogP contribution in [0.4, 0.5) is 17.6 Å². The van der Waals surface area contributed by atoms with Crippen LogP contribution < -0.4 is 10.2 Å². The molecule has 13 heteroatoms. The van der Waals surface area contributed by atoms with E-state index in [4.69, 9.17) is 0 Å². The van der Waals surface area contributed by atoms with E-state index in [1.54, 1.807) is 0 Å². The molecule has 0 spiro atoms. The Bertz CT molecular complexity index is 525. The number of alkyl halides is 4. The molecule has 0 bridgehead atoms. The summed E-state index contributed by atoms with van der Waals surface area (Å²) in [6.45, 7) is 2.78. The second-order valence-corrected chi connectivity index (χ2v) is 3.86. The molecule has 27 heavy (non-hydrogen) atoms. The van der Waals surface area contributed by atoms with E-state index in [1.165, 1.54) is 13.8 Å². The normalized spacial score (nSPS) is 11.1. The van der Waals surface area contributed by atoms with Crippen molar-refractivity contribution in [3.63, 3.8) is 0 Å². The van der Waals surface area contributed by atoms with E-state index in [2.05, 4.69) is 9.47 Å². The minimum atomic E-state index is -3.28. The van der Waals surface area contributed by atoms with Crippen LogP contribution in [0.2, 0.25) is 0 Å². The van der Waals surface area contributed by atoms with Crippen LogP contribution in [0, 0.1) is 0 Å². The first kappa shape index (κ1) is 29.4. The van der Waals surface area contributed by atoms with Crippen molar-refractivity contribution < 1.29 is 73.5 Å². The Balaban J connectivity index is -0.000000411. The Hall–Kier alpha value is -2.40. The Morgan fingerprint density at radius 3 is 1.22 bits per heavy atom. The molecule has 0 amide bonds. The fraction of sp³-hybridized carbons (Fsp3) is 0.429. The molecule has 0 N–H and O–H groups in total. The van der Waals surface area contributed by atoms with Crippen LogP contribution in [0.5, 0.6) is 0 Å². The van der Waals surface area contributed by atoms with Crippen LogP contribution in [0.25, 0.3) is 0 Å². The third-order valence-electron chi connectivity index (χ3n) is 1.93. The molecule has 0 saturated heterocycles. The van der Waals surface area contributed by atoms with Crippen molar-refractivity contribution in [2.24, 2.45) is 0 Å². The molecule has 0 aromatic carbocycles. The van der Waals surface area contributed by atoms with E-state index in [0.29, 0.717) is 0 Å². The number of hydrogen-bond acceptors (Lipinski definition) is 8. The first-order valence-electron chi connectivity index (χ1n) is 6.73. The van der Waals surface area contributed by atoms with Gasteiger partial charge in [0, 0.05) is 0 Å². The number of rotatable bonds is 8. The number of esters is 2. The van der Waals surface area contributed by atoms with E-state index in [9.17, 15) is 47.0 Å². The number of hydrogen-bond donors (Lipinski definition) is 0. The van der Waals surface area contributed by atoms with Crippen LogP contribution in [0.3, 0.4) is 0 Å². The summed E-state index contributed by atoms with van der Waals surface area (Å²) in [7, 11) is 0. The van der Waals surface area contributed by atoms with Gasteiger partial charge in [0.1, 0.15) is 0 Å². The van der Waals surface area contributed by atoms with Crippen LogP contribution >= 0.6 is 0 Å². The van der Waals surface area contributed by atoms with E-state index < -0.39 is 47.9 Å². The molecule has 0 aromatic rings. The van der Waals surface area contributed by atoms with Crippen LogP contribution in [0.1, 0.15) is 13.8 Å². The molecule has 0 unspecified atom stereocenters. The predicted molar refractivity (Wildman–Crippen MR) is 71.5 cm³/mol. The molecule has 8 nitrogen and oxygen atoms in total. The number of allylic oxidation sites excluding steroid dienone is 2. The number of carbonyl (C=O) groups excluding carboxylic acids is 4. The van der Waals surface area contributed by atoms with Gasteiger partial charge < -0.3 is 19.7 Å². The summed E-state index contributed by atoms with van der Waals surface area (Å²) in [5.41, 5.74) is 0. The van der Waals surface area contributed by atoms with Crippen LogP contribution in [-0.2, 0) is 45.7 Å². The number of carbonyl (C=O) groups is 4. The Labute approximate surface area is 161 Å². The molecule has 0 heterocycles. The molecular weight excluding hydrogens is 436 g/mol. The smallest absolute Gasteiger partial charge is 0.867 e. The van der Waals surface area contributed by atoms with E-state index in [1.807, 2.05) is 0 Å². The van der Waals surface area contributed by atoms with Crippen molar-refractivity contribution in [1.82, 2.24) is 0 Å². The largest absolute Gasteiger partial charge is 2.00 e. The van der Waals surface area contributed by atoms with Gasteiger partial charge in [-0.25, -0.2) is 27.2 Å². The molecule has 0 aromatic heterocycles. The molecule has 157 valence electrons. The van der Waals surface area contributed by atoms with Crippen molar-refractivity contribution in [3.05, 3.63) is 23.7 Å². The van der Waals surface area contributed by atoms with Gasteiger partial charge >= 0.3 is 29.0 Å². The summed E-state index contributed by atoms with van der Waals surface area (Å²) in [6.07, 6.45) is -6.50. The van der Waals surface area contributed by atoms with E-state index in [-0.39, 0.29) is 42.4 Å². The minimum absolute atomic E-state index is 0. The number of ketones is 2. The van der Waals surface area contributed by atoms with Gasteiger partial charge in [-0.05, 0) is 37.5 Å². The van der Waals surface area contributed by atoms with Crippen molar-refractivity contribution in [3.8, 4) is 0 Å². The van der Waals surface area contributed by atoms with Gasteiger partial charge in [0.05, 0.1) is 13.2 Å². The Morgan fingerprint density at radius 2 is 1.04 bits per heavy atom. The van der Waals surface area contributed by atoms with Gasteiger partial charge in [0.2, 0.25) is 11.6 Å². The zero-order valence-electron chi connectivity index (χ0n) is 13.8. The third-order valence-corrected chi connectivity index (χ3v) is 1.93. The topological polar surface area (TPSA) is 133 Å². The van der Waals surface area contributed by atoms with Crippen molar-refractivity contribution in [2.75, 3.05) is 13.2 Å². The second-order valence-electron chi connectivity index (χ2n) is 3.86. The van der Waals surface area contributed by atoms with Crippen LogP contribution in [-0.4, -0.2) is 49.6 Å². The van der Waals surface area contributed by atoms with E-state index in [0.717, 1.165) is 0 Å². The maximum Gasteiger partial charge on any atom is 2.00 e. The van der Waals surface area contributed by atoms with Gasteiger partial charge in [0.25, 0.3) is 12.9 Å². The van der Waals surface area contributed by atoms with Crippen LogP contribution in [0.15, 0.2) is 23.7 Å². The molecule has 0 atom stereocenters. The fourth-order valence-corrected chi connectivity index (χ4v) is 0.907. The Morgan fingerprint density at radius 1 is 0.778 bits per heavy atom. The summed E-state index contributed by atoms with van der Waals surface area (Å²) in [6, 6.07) is 0. The quantitative estimate of drug-likeness (QED) is 0.155. The van der Waals surface area contributed by atoms with Gasteiger partial charge in [-0.15, -0.1) is 0 Å². The summed E-state index contributed by atoms with van der Waals surface area (Å²) in [5, 5.41) is 21.1. The summed E-state index contributed by atoms with van der Waals surface area (Å²) in [5.74, 6) is -8.75. The van der Waals surface area contributed by atoms with E-state index >= 15 is 0 Å². The van der Waals surface area contributed by atoms with Crippen molar-refractivity contribution >= 4 is 23.5 Å². The number of ether oxygens (including phenoxy) is 2. The molecule has 0 aliphatic carbocycles.